The van der Waals surface area contributed by atoms with Gasteiger partial charge in [-0.25, -0.2) is 4.90 Å². The predicted octanol–water partition coefficient (Wildman–Crippen LogP) is 3.56. The van der Waals surface area contributed by atoms with Gasteiger partial charge in [0.25, 0.3) is 5.24 Å². The molecule has 7 nitrogen and oxygen atoms in total. The van der Waals surface area contributed by atoms with E-state index in [2.05, 4.69) is 5.32 Å². The number of nitrogens with one attached hydrogen (secondary N) is 1. The number of imide groups is 1. The topological polar surface area (TPSA) is 104 Å². The number of anilines is 2. The van der Waals surface area contributed by atoms with E-state index in [0.29, 0.717) is 22.0 Å². The normalized spacial score (nSPS) is 16.3. The van der Waals surface area contributed by atoms with Crippen molar-refractivity contribution in [1.82, 2.24) is 0 Å². The molecule has 1 unspecified atom stereocenters. The summed E-state index contributed by atoms with van der Waals surface area (Å²) >= 11 is 6.63. The van der Waals surface area contributed by atoms with Crippen LogP contribution in [0.25, 0.3) is 0 Å². The first kappa shape index (κ1) is 19.9. The summed E-state index contributed by atoms with van der Waals surface area (Å²) in [7, 11) is 0. The van der Waals surface area contributed by atoms with Crippen LogP contribution in [0.4, 0.5) is 16.2 Å². The molecule has 1 saturated heterocycles. The maximum absolute atomic E-state index is 12.6. The molecule has 1 atom stereocenters. The van der Waals surface area contributed by atoms with Gasteiger partial charge in [-0.2, -0.15) is 0 Å². The van der Waals surface area contributed by atoms with Crippen LogP contribution in [0.3, 0.4) is 0 Å². The van der Waals surface area contributed by atoms with E-state index in [-0.39, 0.29) is 12.8 Å². The number of carboxylic acids is 1. The van der Waals surface area contributed by atoms with Gasteiger partial charge in [0.1, 0.15) is 5.25 Å². The lowest BCUT2D eigenvalue weighted by molar-refractivity contribution is -0.136. The highest BCUT2D eigenvalue weighted by Crippen LogP contribution is 2.34. The Morgan fingerprint density at radius 1 is 1.07 bits per heavy atom. The minimum absolute atomic E-state index is 0.107. The summed E-state index contributed by atoms with van der Waals surface area (Å²) in [6.45, 7) is 0. The van der Waals surface area contributed by atoms with Crippen LogP contribution in [0.2, 0.25) is 5.02 Å². The molecule has 1 aliphatic rings. The largest absolute Gasteiger partial charge is 0.481 e. The van der Waals surface area contributed by atoms with Gasteiger partial charge in [0.05, 0.1) is 12.1 Å². The molecule has 1 fully saturated rings. The van der Waals surface area contributed by atoms with Crippen LogP contribution < -0.4 is 10.2 Å². The second kappa shape index (κ2) is 8.45. The summed E-state index contributed by atoms with van der Waals surface area (Å²) in [6.07, 6.45) is -0.264. The monoisotopic (exact) mass is 418 g/mol. The number of halogens is 1. The van der Waals surface area contributed by atoms with E-state index in [1.54, 1.807) is 48.5 Å². The van der Waals surface area contributed by atoms with Gasteiger partial charge in [0.2, 0.25) is 11.8 Å². The first-order valence-corrected chi connectivity index (χ1v) is 9.50. The molecule has 1 heterocycles. The smallest absolute Gasteiger partial charge is 0.307 e. The summed E-state index contributed by atoms with van der Waals surface area (Å²) in [5.74, 6) is -1.81. The molecule has 0 aromatic heterocycles. The van der Waals surface area contributed by atoms with Crippen LogP contribution in [-0.2, 0) is 20.8 Å². The molecule has 0 radical (unpaired) electrons. The lowest BCUT2D eigenvalue weighted by atomic mass is 10.1. The Balaban J connectivity index is 1.61. The molecule has 0 spiro atoms. The summed E-state index contributed by atoms with van der Waals surface area (Å²) in [4.78, 5) is 48.7. The molecule has 0 bridgehead atoms. The average Bonchev–Trinajstić information content (AvgIpc) is 2.90. The summed E-state index contributed by atoms with van der Waals surface area (Å²) in [5.41, 5.74) is 1.50. The van der Waals surface area contributed by atoms with Crippen LogP contribution in [0.15, 0.2) is 48.5 Å². The first-order chi connectivity index (χ1) is 13.3. The number of nitrogens with zero attached hydrogens (tertiary/aromatic N) is 1. The van der Waals surface area contributed by atoms with Gasteiger partial charge in [-0.15, -0.1) is 0 Å². The van der Waals surface area contributed by atoms with Crippen LogP contribution in [0.1, 0.15) is 12.0 Å². The van der Waals surface area contributed by atoms with Crippen molar-refractivity contribution in [3.05, 3.63) is 59.1 Å². The van der Waals surface area contributed by atoms with Gasteiger partial charge in [-0.05, 0) is 53.7 Å². The molecular formula is C19H15ClN2O5S. The predicted molar refractivity (Wildman–Crippen MR) is 107 cm³/mol. The van der Waals surface area contributed by atoms with Crippen LogP contribution in [-0.4, -0.2) is 33.4 Å². The van der Waals surface area contributed by atoms with Crippen molar-refractivity contribution < 1.29 is 24.3 Å². The number of benzene rings is 2. The number of hydrogen-bond acceptors (Lipinski definition) is 5. The molecule has 1 aliphatic heterocycles. The Labute approximate surface area is 169 Å². The highest BCUT2D eigenvalue weighted by Gasteiger charge is 2.41. The van der Waals surface area contributed by atoms with E-state index in [0.717, 1.165) is 16.7 Å². The fraction of sp³-hybridized carbons (Fsp3) is 0.158. The Hall–Kier alpha value is -2.84. The Morgan fingerprint density at radius 2 is 1.71 bits per heavy atom. The summed E-state index contributed by atoms with van der Waals surface area (Å²) in [6, 6.07) is 12.7. The zero-order valence-corrected chi connectivity index (χ0v) is 16.0. The molecule has 2 aromatic rings. The molecule has 0 aliphatic carbocycles. The second-order valence-electron chi connectivity index (χ2n) is 6.04. The minimum Gasteiger partial charge on any atom is -0.481 e. The van der Waals surface area contributed by atoms with Crippen molar-refractivity contribution >= 4 is 57.8 Å². The summed E-state index contributed by atoms with van der Waals surface area (Å²) in [5, 5.41) is 10.6. The number of thioether (sulfide) groups is 1. The number of amides is 3. The molecule has 2 aromatic carbocycles. The number of carboxylic acid groups (broad SMARTS) is 1. The third-order valence-electron chi connectivity index (χ3n) is 3.97. The maximum atomic E-state index is 12.6. The third-order valence-corrected chi connectivity index (χ3v) is 5.26. The average molecular weight is 419 g/mol. The standard InChI is InChI=1S/C19H15ClN2O5S/c20-12-3-7-14(8-4-12)22-18(26)15(28-19(22)27)10-16(23)21-13-5-1-11(2-6-13)9-17(24)25/h1-8,15H,9-10H2,(H,21,23)(H,24,25). The molecule has 2 N–H and O–H groups in total. The van der Waals surface area contributed by atoms with Crippen molar-refractivity contribution in [2.24, 2.45) is 0 Å². The van der Waals surface area contributed by atoms with Gasteiger partial charge in [-0.1, -0.05) is 23.7 Å². The Morgan fingerprint density at radius 3 is 2.32 bits per heavy atom. The van der Waals surface area contributed by atoms with Gasteiger partial charge in [0, 0.05) is 17.1 Å². The van der Waals surface area contributed by atoms with E-state index in [4.69, 9.17) is 16.7 Å². The second-order valence-corrected chi connectivity index (χ2v) is 7.63. The third kappa shape index (κ3) is 4.71. The highest BCUT2D eigenvalue weighted by molar-refractivity contribution is 8.15. The fourth-order valence-electron chi connectivity index (χ4n) is 2.67. The Bertz CT molecular complexity index is 930. The highest BCUT2D eigenvalue weighted by atomic mass is 35.5. The molecule has 0 saturated carbocycles. The first-order valence-electron chi connectivity index (χ1n) is 8.24. The van der Waals surface area contributed by atoms with E-state index >= 15 is 0 Å². The zero-order valence-electron chi connectivity index (χ0n) is 14.4. The van der Waals surface area contributed by atoms with Crippen molar-refractivity contribution in [2.45, 2.75) is 18.1 Å². The summed E-state index contributed by atoms with van der Waals surface area (Å²) < 4.78 is 0. The van der Waals surface area contributed by atoms with Crippen molar-refractivity contribution in [3.63, 3.8) is 0 Å². The molecule has 3 rings (SSSR count). The van der Waals surface area contributed by atoms with Gasteiger partial charge >= 0.3 is 5.97 Å². The van der Waals surface area contributed by atoms with E-state index in [1.165, 1.54) is 0 Å². The van der Waals surface area contributed by atoms with Crippen molar-refractivity contribution in [3.8, 4) is 0 Å². The molecule has 9 heteroatoms. The van der Waals surface area contributed by atoms with Gasteiger partial charge in [-0.3, -0.25) is 19.2 Å². The number of carbonyl (C=O) groups excluding carboxylic acids is 3. The van der Waals surface area contributed by atoms with E-state index < -0.39 is 28.3 Å². The molecular weight excluding hydrogens is 404 g/mol. The van der Waals surface area contributed by atoms with Crippen LogP contribution >= 0.6 is 23.4 Å². The number of carbonyl (C=O) groups is 4. The number of aliphatic carboxylic acids is 1. The quantitative estimate of drug-likeness (QED) is 0.743. The number of rotatable bonds is 6. The Kier molecular flexibility index (Phi) is 6.01. The molecule has 28 heavy (non-hydrogen) atoms. The fourth-order valence-corrected chi connectivity index (χ4v) is 3.78. The molecule has 144 valence electrons. The van der Waals surface area contributed by atoms with E-state index in [9.17, 15) is 19.2 Å². The van der Waals surface area contributed by atoms with Crippen LogP contribution in [0, 0.1) is 0 Å². The van der Waals surface area contributed by atoms with E-state index in [1.807, 2.05) is 0 Å². The minimum atomic E-state index is -0.941. The van der Waals surface area contributed by atoms with Crippen molar-refractivity contribution in [2.75, 3.05) is 10.2 Å². The molecule has 3 amide bonds. The van der Waals surface area contributed by atoms with Crippen molar-refractivity contribution in [1.29, 1.82) is 0 Å². The maximum Gasteiger partial charge on any atom is 0.307 e. The lowest BCUT2D eigenvalue weighted by Crippen LogP contribution is -2.32. The number of hydrogen-bond donors (Lipinski definition) is 2. The van der Waals surface area contributed by atoms with Gasteiger partial charge in [0.15, 0.2) is 0 Å². The van der Waals surface area contributed by atoms with Gasteiger partial charge < -0.3 is 10.4 Å². The lowest BCUT2D eigenvalue weighted by Gasteiger charge is -2.14. The SMILES string of the molecule is O=C(O)Cc1ccc(NC(=O)CC2SC(=O)N(c3ccc(Cl)cc3)C2=O)cc1. The zero-order chi connectivity index (χ0) is 20.3. The van der Waals surface area contributed by atoms with Crippen LogP contribution in [0.5, 0.6) is 0 Å².